The molecule has 0 atom stereocenters. The molecule has 0 N–H and O–H groups in total. The Bertz CT molecular complexity index is 356. The highest BCUT2D eigenvalue weighted by Gasteiger charge is 2.32. The molecule has 0 bridgehead atoms. The molecule has 1 rings (SSSR count). The monoisotopic (exact) mass is 245 g/mol. The van der Waals surface area contributed by atoms with Crippen LogP contribution in [0.4, 0.5) is 8.78 Å². The molecule has 0 aromatic heterocycles. The summed E-state index contributed by atoms with van der Waals surface area (Å²) in [6, 6.07) is 6.36. The zero-order valence-corrected chi connectivity index (χ0v) is 10.2. The minimum Gasteiger partial charge on any atom is -0.493 e. The van der Waals surface area contributed by atoms with Gasteiger partial charge >= 0.3 is 6.11 Å². The topological polar surface area (TPSA) is 21.7 Å². The highest BCUT2D eigenvalue weighted by atomic mass is 19.3. The maximum Gasteiger partial charge on any atom is 0.399 e. The summed E-state index contributed by atoms with van der Waals surface area (Å²) in [5.74, 6) is 0.357. The number of rotatable bonds is 6. The molecule has 0 unspecified atom stereocenters. The van der Waals surface area contributed by atoms with E-state index in [4.69, 9.17) is 4.74 Å². The van der Waals surface area contributed by atoms with Crippen molar-refractivity contribution >= 4 is 0 Å². The quantitative estimate of drug-likeness (QED) is 0.769. The van der Waals surface area contributed by atoms with Crippen LogP contribution in [0.1, 0.15) is 6.42 Å². The first kappa shape index (κ1) is 13.7. The van der Waals surface area contributed by atoms with E-state index in [0.29, 0.717) is 5.75 Å². The Balaban J connectivity index is 2.68. The molecule has 0 aliphatic rings. The minimum absolute atomic E-state index is 0.0544. The summed E-state index contributed by atoms with van der Waals surface area (Å²) in [4.78, 5) is 1.68. The predicted octanol–water partition coefficient (Wildman–Crippen LogP) is 2.62. The average Bonchev–Trinajstić information content (AvgIpc) is 2.27. The fraction of sp³-hybridized carbons (Fsp3) is 0.500. The highest BCUT2D eigenvalue weighted by Crippen LogP contribution is 2.32. The molecular formula is C12H17F2NO2. The SMILES string of the molecule is COc1ccccc1OC(F)(F)CCN(C)C. The van der Waals surface area contributed by atoms with E-state index in [1.54, 1.807) is 37.2 Å². The lowest BCUT2D eigenvalue weighted by Gasteiger charge is -2.21. The molecule has 0 saturated heterocycles. The molecule has 0 amide bonds. The summed E-state index contributed by atoms with van der Waals surface area (Å²) in [7, 11) is 4.89. The lowest BCUT2D eigenvalue weighted by Crippen LogP contribution is -2.30. The van der Waals surface area contributed by atoms with Crippen LogP contribution in [0.15, 0.2) is 24.3 Å². The summed E-state index contributed by atoms with van der Waals surface area (Å²) in [6.45, 7) is 0.252. The molecule has 0 radical (unpaired) electrons. The Morgan fingerprint density at radius 2 is 1.76 bits per heavy atom. The molecule has 96 valence electrons. The number of para-hydroxylation sites is 2. The second-order valence-corrected chi connectivity index (χ2v) is 3.94. The summed E-state index contributed by atoms with van der Waals surface area (Å²) in [6.07, 6.45) is -3.56. The second kappa shape index (κ2) is 5.82. The number of hydrogen-bond acceptors (Lipinski definition) is 3. The van der Waals surface area contributed by atoms with Crippen LogP contribution < -0.4 is 9.47 Å². The van der Waals surface area contributed by atoms with Crippen molar-refractivity contribution in [3.63, 3.8) is 0 Å². The van der Waals surface area contributed by atoms with Crippen LogP contribution in [-0.4, -0.2) is 38.8 Å². The van der Waals surface area contributed by atoms with E-state index in [2.05, 4.69) is 4.74 Å². The molecule has 5 heteroatoms. The van der Waals surface area contributed by atoms with Crippen LogP contribution in [-0.2, 0) is 0 Å². The van der Waals surface area contributed by atoms with Gasteiger partial charge in [-0.15, -0.1) is 0 Å². The van der Waals surface area contributed by atoms with Crippen molar-refractivity contribution in [2.24, 2.45) is 0 Å². The summed E-state index contributed by atoms with van der Waals surface area (Å²) in [5.41, 5.74) is 0. The predicted molar refractivity (Wildman–Crippen MR) is 61.7 cm³/mol. The maximum absolute atomic E-state index is 13.5. The molecule has 0 aliphatic heterocycles. The fourth-order valence-electron chi connectivity index (χ4n) is 1.27. The number of alkyl halides is 2. The van der Waals surface area contributed by atoms with Crippen molar-refractivity contribution in [1.82, 2.24) is 4.90 Å². The number of benzene rings is 1. The minimum atomic E-state index is -3.20. The third-order valence-corrected chi connectivity index (χ3v) is 2.18. The number of halogens is 2. The molecule has 0 spiro atoms. The average molecular weight is 245 g/mol. The normalized spacial score (nSPS) is 11.6. The molecule has 3 nitrogen and oxygen atoms in total. The molecule has 0 saturated carbocycles. The largest absolute Gasteiger partial charge is 0.493 e. The first-order chi connectivity index (χ1) is 7.94. The molecule has 0 fully saturated rings. The van der Waals surface area contributed by atoms with Crippen LogP contribution in [0.5, 0.6) is 11.5 Å². The first-order valence-corrected chi connectivity index (χ1v) is 5.29. The van der Waals surface area contributed by atoms with Gasteiger partial charge in [0.25, 0.3) is 0 Å². The third-order valence-electron chi connectivity index (χ3n) is 2.18. The Morgan fingerprint density at radius 3 is 2.29 bits per heavy atom. The Kier molecular flexibility index (Phi) is 4.69. The first-order valence-electron chi connectivity index (χ1n) is 5.29. The Labute approximate surface area is 99.9 Å². The van der Waals surface area contributed by atoms with E-state index >= 15 is 0 Å². The van der Waals surface area contributed by atoms with Gasteiger partial charge in [0.05, 0.1) is 13.5 Å². The molecule has 0 heterocycles. The molecule has 1 aromatic carbocycles. The van der Waals surface area contributed by atoms with Gasteiger partial charge in [-0.25, -0.2) is 0 Å². The van der Waals surface area contributed by atoms with E-state index in [0.717, 1.165) is 0 Å². The van der Waals surface area contributed by atoms with Gasteiger partial charge in [-0.05, 0) is 26.2 Å². The second-order valence-electron chi connectivity index (χ2n) is 3.94. The number of ether oxygens (including phenoxy) is 2. The van der Waals surface area contributed by atoms with Crippen LogP contribution in [0.25, 0.3) is 0 Å². The van der Waals surface area contributed by atoms with Crippen LogP contribution >= 0.6 is 0 Å². The van der Waals surface area contributed by atoms with E-state index in [1.807, 2.05) is 0 Å². The zero-order chi connectivity index (χ0) is 12.9. The Morgan fingerprint density at radius 1 is 1.18 bits per heavy atom. The van der Waals surface area contributed by atoms with Crippen molar-refractivity contribution < 1.29 is 18.3 Å². The van der Waals surface area contributed by atoms with Gasteiger partial charge in [0.1, 0.15) is 0 Å². The zero-order valence-electron chi connectivity index (χ0n) is 10.2. The van der Waals surface area contributed by atoms with Crippen molar-refractivity contribution in [3.8, 4) is 11.5 Å². The van der Waals surface area contributed by atoms with E-state index in [9.17, 15) is 8.78 Å². The Hall–Kier alpha value is -1.36. The number of methoxy groups -OCH3 is 1. The molecule has 0 aliphatic carbocycles. The van der Waals surface area contributed by atoms with Gasteiger partial charge in [0.2, 0.25) is 0 Å². The van der Waals surface area contributed by atoms with E-state index in [-0.39, 0.29) is 18.7 Å². The van der Waals surface area contributed by atoms with Crippen molar-refractivity contribution in [2.75, 3.05) is 27.7 Å². The van der Waals surface area contributed by atoms with Gasteiger partial charge in [0.15, 0.2) is 11.5 Å². The number of nitrogens with zero attached hydrogens (tertiary/aromatic N) is 1. The van der Waals surface area contributed by atoms with Gasteiger partial charge in [-0.2, -0.15) is 8.78 Å². The lowest BCUT2D eigenvalue weighted by molar-refractivity contribution is -0.182. The van der Waals surface area contributed by atoms with Crippen molar-refractivity contribution in [3.05, 3.63) is 24.3 Å². The smallest absolute Gasteiger partial charge is 0.399 e. The standard InChI is InChI=1S/C12H17F2NO2/c1-15(2)9-8-12(13,14)17-11-7-5-4-6-10(11)16-3/h4-7H,8-9H2,1-3H3. The van der Waals surface area contributed by atoms with E-state index in [1.165, 1.54) is 13.2 Å². The van der Waals surface area contributed by atoms with Crippen molar-refractivity contribution in [2.45, 2.75) is 12.5 Å². The van der Waals surface area contributed by atoms with Crippen molar-refractivity contribution in [1.29, 1.82) is 0 Å². The van der Waals surface area contributed by atoms with Crippen LogP contribution in [0.2, 0.25) is 0 Å². The van der Waals surface area contributed by atoms with Gasteiger partial charge in [-0.1, -0.05) is 12.1 Å². The van der Waals surface area contributed by atoms with Gasteiger partial charge in [-0.3, -0.25) is 0 Å². The van der Waals surface area contributed by atoms with Gasteiger partial charge < -0.3 is 14.4 Å². The summed E-state index contributed by atoms with van der Waals surface area (Å²) < 4.78 is 36.6. The third kappa shape index (κ3) is 4.56. The van der Waals surface area contributed by atoms with E-state index < -0.39 is 6.11 Å². The van der Waals surface area contributed by atoms with Crippen LogP contribution in [0, 0.1) is 0 Å². The summed E-state index contributed by atoms with van der Waals surface area (Å²) in [5, 5.41) is 0. The highest BCUT2D eigenvalue weighted by molar-refractivity contribution is 5.39. The molecule has 17 heavy (non-hydrogen) atoms. The van der Waals surface area contributed by atoms with Gasteiger partial charge in [0, 0.05) is 6.54 Å². The summed E-state index contributed by atoms with van der Waals surface area (Å²) >= 11 is 0. The molecule has 1 aromatic rings. The lowest BCUT2D eigenvalue weighted by atomic mass is 10.3. The fourth-order valence-corrected chi connectivity index (χ4v) is 1.27. The molecular weight excluding hydrogens is 228 g/mol. The van der Waals surface area contributed by atoms with Crippen LogP contribution in [0.3, 0.4) is 0 Å². The maximum atomic E-state index is 13.5. The number of hydrogen-bond donors (Lipinski definition) is 0.